The molecule has 156 valence electrons. The van der Waals surface area contributed by atoms with E-state index in [2.05, 4.69) is 0 Å². The predicted octanol–water partition coefficient (Wildman–Crippen LogP) is 3.06. The van der Waals surface area contributed by atoms with Crippen molar-refractivity contribution in [3.63, 3.8) is 0 Å². The SMILES string of the molecule is O=C(CN(C(=O)c1ccc(F)cc1F)C1CC1)N1CC(=O)N(c2cccc(Cl)c2)C1. The second-order valence-electron chi connectivity index (χ2n) is 7.32. The van der Waals surface area contributed by atoms with Crippen molar-refractivity contribution in [3.05, 3.63) is 64.7 Å². The Bertz CT molecular complexity index is 1030. The van der Waals surface area contributed by atoms with Crippen LogP contribution in [0.2, 0.25) is 5.02 Å². The van der Waals surface area contributed by atoms with Crippen LogP contribution >= 0.6 is 11.6 Å². The third kappa shape index (κ3) is 4.14. The van der Waals surface area contributed by atoms with Gasteiger partial charge in [0.2, 0.25) is 11.8 Å². The molecule has 1 aliphatic heterocycles. The van der Waals surface area contributed by atoms with E-state index in [1.807, 2.05) is 0 Å². The molecule has 0 N–H and O–H groups in total. The smallest absolute Gasteiger partial charge is 0.257 e. The number of rotatable bonds is 5. The summed E-state index contributed by atoms with van der Waals surface area (Å²) in [4.78, 5) is 42.1. The van der Waals surface area contributed by atoms with Crippen molar-refractivity contribution in [3.8, 4) is 0 Å². The molecule has 2 aromatic carbocycles. The summed E-state index contributed by atoms with van der Waals surface area (Å²) < 4.78 is 27.2. The Morgan fingerprint density at radius 2 is 1.90 bits per heavy atom. The van der Waals surface area contributed by atoms with Gasteiger partial charge in [-0.1, -0.05) is 17.7 Å². The molecule has 4 rings (SSSR count). The van der Waals surface area contributed by atoms with Gasteiger partial charge >= 0.3 is 0 Å². The van der Waals surface area contributed by atoms with Gasteiger partial charge in [-0.05, 0) is 43.2 Å². The van der Waals surface area contributed by atoms with E-state index < -0.39 is 23.4 Å². The minimum absolute atomic E-state index is 0.0373. The number of carbonyl (C=O) groups is 3. The maximum absolute atomic E-state index is 14.1. The minimum atomic E-state index is -0.971. The maximum Gasteiger partial charge on any atom is 0.257 e. The Morgan fingerprint density at radius 1 is 1.13 bits per heavy atom. The Hall–Kier alpha value is -3.00. The van der Waals surface area contributed by atoms with E-state index in [0.29, 0.717) is 29.6 Å². The van der Waals surface area contributed by atoms with E-state index in [-0.39, 0.29) is 37.3 Å². The lowest BCUT2D eigenvalue weighted by Gasteiger charge is -2.25. The van der Waals surface area contributed by atoms with Crippen molar-refractivity contribution in [1.29, 1.82) is 0 Å². The van der Waals surface area contributed by atoms with E-state index in [0.717, 1.165) is 12.1 Å². The lowest BCUT2D eigenvalue weighted by molar-refractivity contribution is -0.132. The number of anilines is 1. The van der Waals surface area contributed by atoms with Gasteiger partial charge in [-0.2, -0.15) is 0 Å². The largest absolute Gasteiger partial charge is 0.326 e. The van der Waals surface area contributed by atoms with Gasteiger partial charge in [0.25, 0.3) is 5.91 Å². The van der Waals surface area contributed by atoms with E-state index in [4.69, 9.17) is 11.6 Å². The van der Waals surface area contributed by atoms with Crippen LogP contribution in [0.15, 0.2) is 42.5 Å². The summed E-state index contributed by atoms with van der Waals surface area (Å²) in [7, 11) is 0. The van der Waals surface area contributed by atoms with Crippen molar-refractivity contribution in [2.45, 2.75) is 18.9 Å². The quantitative estimate of drug-likeness (QED) is 0.728. The fourth-order valence-electron chi connectivity index (χ4n) is 3.40. The first-order chi connectivity index (χ1) is 14.3. The van der Waals surface area contributed by atoms with Crippen LogP contribution in [0.1, 0.15) is 23.2 Å². The summed E-state index contributed by atoms with van der Waals surface area (Å²) in [5, 5.41) is 0.469. The molecule has 0 spiro atoms. The molecule has 3 amide bonds. The van der Waals surface area contributed by atoms with Gasteiger partial charge in [-0.25, -0.2) is 8.78 Å². The Morgan fingerprint density at radius 3 is 2.57 bits per heavy atom. The zero-order valence-corrected chi connectivity index (χ0v) is 16.6. The highest BCUT2D eigenvalue weighted by atomic mass is 35.5. The van der Waals surface area contributed by atoms with Gasteiger partial charge in [0, 0.05) is 22.8 Å². The zero-order chi connectivity index (χ0) is 21.4. The van der Waals surface area contributed by atoms with Crippen LogP contribution in [0.3, 0.4) is 0 Å². The summed E-state index contributed by atoms with van der Waals surface area (Å²) >= 11 is 5.98. The fraction of sp³-hybridized carbons (Fsp3) is 0.286. The number of hydrogen-bond acceptors (Lipinski definition) is 3. The molecule has 1 saturated carbocycles. The molecular weight excluding hydrogens is 416 g/mol. The lowest BCUT2D eigenvalue weighted by atomic mass is 10.1. The van der Waals surface area contributed by atoms with E-state index in [1.165, 1.54) is 14.7 Å². The molecule has 0 unspecified atom stereocenters. The minimum Gasteiger partial charge on any atom is -0.326 e. The van der Waals surface area contributed by atoms with E-state index in [9.17, 15) is 23.2 Å². The Balaban J connectivity index is 1.47. The van der Waals surface area contributed by atoms with Crippen LogP contribution in [0.5, 0.6) is 0 Å². The third-order valence-electron chi connectivity index (χ3n) is 5.13. The predicted molar refractivity (Wildman–Crippen MR) is 106 cm³/mol. The Kier molecular flexibility index (Phi) is 5.42. The summed E-state index contributed by atoms with van der Waals surface area (Å²) in [6.07, 6.45) is 1.41. The average molecular weight is 434 g/mol. The van der Waals surface area contributed by atoms with Crippen LogP contribution in [-0.4, -0.2) is 53.3 Å². The number of hydrogen-bond donors (Lipinski definition) is 0. The highest BCUT2D eigenvalue weighted by Crippen LogP contribution is 2.29. The van der Waals surface area contributed by atoms with Crippen molar-refractivity contribution in [1.82, 2.24) is 9.80 Å². The van der Waals surface area contributed by atoms with Crippen LogP contribution in [0, 0.1) is 11.6 Å². The van der Waals surface area contributed by atoms with E-state index >= 15 is 0 Å². The van der Waals surface area contributed by atoms with E-state index in [1.54, 1.807) is 24.3 Å². The van der Waals surface area contributed by atoms with Crippen molar-refractivity contribution < 1.29 is 23.2 Å². The molecule has 1 heterocycles. The van der Waals surface area contributed by atoms with Gasteiger partial charge in [0.1, 0.15) is 31.4 Å². The second-order valence-corrected chi connectivity index (χ2v) is 7.76. The number of benzene rings is 2. The number of halogens is 3. The van der Waals surface area contributed by atoms with Crippen molar-refractivity contribution in [2.24, 2.45) is 0 Å². The average Bonchev–Trinajstić information content (AvgIpc) is 3.46. The van der Waals surface area contributed by atoms with Gasteiger partial charge in [0.15, 0.2) is 0 Å². The molecule has 6 nitrogen and oxygen atoms in total. The highest BCUT2D eigenvalue weighted by molar-refractivity contribution is 6.31. The molecule has 2 aliphatic rings. The molecule has 30 heavy (non-hydrogen) atoms. The number of carbonyl (C=O) groups excluding carboxylic acids is 3. The molecule has 0 bridgehead atoms. The molecule has 0 aromatic heterocycles. The number of amides is 3. The summed E-state index contributed by atoms with van der Waals surface area (Å²) in [5.41, 5.74) is 0.292. The molecule has 9 heteroatoms. The Labute approximate surface area is 176 Å². The van der Waals surface area contributed by atoms with Gasteiger partial charge < -0.3 is 9.80 Å². The lowest BCUT2D eigenvalue weighted by Crippen LogP contribution is -2.44. The van der Waals surface area contributed by atoms with Gasteiger partial charge in [-0.3, -0.25) is 19.3 Å². The number of nitrogens with zero attached hydrogens (tertiary/aromatic N) is 3. The third-order valence-corrected chi connectivity index (χ3v) is 5.36. The van der Waals surface area contributed by atoms with Crippen molar-refractivity contribution >= 4 is 35.0 Å². The van der Waals surface area contributed by atoms with Crippen LogP contribution in [0.4, 0.5) is 14.5 Å². The standard InChI is InChI=1S/C21H18ClF2N3O3/c22-13-2-1-3-16(8-13)27-12-25(10-20(27)29)19(28)11-26(15-5-6-15)21(30)17-7-4-14(23)9-18(17)24/h1-4,7-9,15H,5-6,10-12H2. The second kappa shape index (κ2) is 8.02. The van der Waals surface area contributed by atoms with Crippen LogP contribution in [-0.2, 0) is 9.59 Å². The van der Waals surface area contributed by atoms with Gasteiger partial charge in [0.05, 0.1) is 5.56 Å². The van der Waals surface area contributed by atoms with Crippen LogP contribution in [0.25, 0.3) is 0 Å². The molecular formula is C21H18ClF2N3O3. The first kappa shape index (κ1) is 20.3. The van der Waals surface area contributed by atoms with Gasteiger partial charge in [-0.15, -0.1) is 0 Å². The van der Waals surface area contributed by atoms with Crippen molar-refractivity contribution in [2.75, 3.05) is 24.7 Å². The molecule has 0 atom stereocenters. The molecule has 2 fully saturated rings. The first-order valence-electron chi connectivity index (χ1n) is 9.43. The zero-order valence-electron chi connectivity index (χ0n) is 15.9. The first-order valence-corrected chi connectivity index (χ1v) is 9.81. The highest BCUT2D eigenvalue weighted by Gasteiger charge is 2.38. The fourth-order valence-corrected chi connectivity index (χ4v) is 3.59. The monoisotopic (exact) mass is 433 g/mol. The summed E-state index contributed by atoms with van der Waals surface area (Å²) in [6, 6.07) is 9.29. The summed E-state index contributed by atoms with van der Waals surface area (Å²) in [6.45, 7) is -0.366. The topological polar surface area (TPSA) is 60.9 Å². The maximum atomic E-state index is 14.1. The van der Waals surface area contributed by atoms with Crippen LogP contribution < -0.4 is 4.90 Å². The normalized spacial score (nSPS) is 16.2. The summed E-state index contributed by atoms with van der Waals surface area (Å²) in [5.74, 6) is -3.10. The molecule has 2 aromatic rings. The molecule has 0 radical (unpaired) electrons. The molecule has 1 aliphatic carbocycles. The molecule has 1 saturated heterocycles.